The molecule has 1 atom stereocenters. The monoisotopic (exact) mass is 253 g/mol. The third-order valence-electron chi connectivity index (χ3n) is 3.47. The van der Waals surface area contributed by atoms with Crippen molar-refractivity contribution in [1.29, 1.82) is 0 Å². The fourth-order valence-corrected chi connectivity index (χ4v) is 2.59. The second-order valence-electron chi connectivity index (χ2n) is 5.84. The molecule has 1 aromatic rings. The molecule has 1 heterocycles. The van der Waals surface area contributed by atoms with Gasteiger partial charge in [0.2, 0.25) is 0 Å². The predicted octanol–water partition coefficient (Wildman–Crippen LogP) is 3.14. The Morgan fingerprint density at radius 3 is 2.47 bits per heavy atom. The number of nitrogens with zero attached hydrogens (tertiary/aromatic N) is 1. The standard InChI is InChI=1S/C13H23NO2Si/c1-13(2,3)17(4,5)16-12(10-15)11-7-6-8-14-9-11/h6-9,12,15H,10H2,1-5H3. The molecule has 1 aromatic heterocycles. The second-order valence-corrected chi connectivity index (χ2v) is 10.6. The molecule has 96 valence electrons. The molecule has 0 aliphatic carbocycles. The van der Waals surface area contributed by atoms with Crippen molar-refractivity contribution in [3.05, 3.63) is 30.1 Å². The summed E-state index contributed by atoms with van der Waals surface area (Å²) in [7, 11) is -1.86. The van der Waals surface area contributed by atoms with Gasteiger partial charge in [0, 0.05) is 18.0 Å². The molecule has 0 saturated heterocycles. The molecule has 0 aliphatic rings. The van der Waals surface area contributed by atoms with Gasteiger partial charge in [0.05, 0.1) is 12.7 Å². The fourth-order valence-electron chi connectivity index (χ4n) is 1.31. The highest BCUT2D eigenvalue weighted by atomic mass is 28.4. The maximum absolute atomic E-state index is 9.48. The maximum Gasteiger partial charge on any atom is 0.193 e. The number of aliphatic hydroxyl groups excluding tert-OH is 1. The molecule has 0 amide bonds. The second kappa shape index (κ2) is 5.29. The molecule has 17 heavy (non-hydrogen) atoms. The highest BCUT2D eigenvalue weighted by Crippen LogP contribution is 2.39. The minimum absolute atomic E-state index is 0.00178. The lowest BCUT2D eigenvalue weighted by Gasteiger charge is -2.38. The lowest BCUT2D eigenvalue weighted by molar-refractivity contribution is 0.103. The SMILES string of the molecule is CC(C)(C)[Si](C)(C)OC(CO)c1cccnc1. The summed E-state index contributed by atoms with van der Waals surface area (Å²) in [6, 6.07) is 3.81. The van der Waals surface area contributed by atoms with Gasteiger partial charge in [-0.15, -0.1) is 0 Å². The van der Waals surface area contributed by atoms with Crippen LogP contribution in [0.25, 0.3) is 0 Å². The van der Waals surface area contributed by atoms with Gasteiger partial charge in [-0.1, -0.05) is 26.8 Å². The van der Waals surface area contributed by atoms with Crippen molar-refractivity contribution in [2.24, 2.45) is 0 Å². The molecule has 1 unspecified atom stereocenters. The van der Waals surface area contributed by atoms with E-state index in [1.807, 2.05) is 12.1 Å². The number of hydrogen-bond acceptors (Lipinski definition) is 3. The van der Waals surface area contributed by atoms with Gasteiger partial charge in [-0.3, -0.25) is 4.98 Å². The quantitative estimate of drug-likeness (QED) is 0.838. The van der Waals surface area contributed by atoms with E-state index in [1.165, 1.54) is 0 Å². The first kappa shape index (κ1) is 14.3. The van der Waals surface area contributed by atoms with Crippen molar-refractivity contribution in [2.45, 2.75) is 45.0 Å². The molecule has 0 saturated carbocycles. The minimum Gasteiger partial charge on any atom is -0.408 e. The highest BCUT2D eigenvalue weighted by molar-refractivity contribution is 6.74. The molecular formula is C13H23NO2Si. The molecule has 0 aliphatic heterocycles. The molecule has 3 nitrogen and oxygen atoms in total. The van der Waals surface area contributed by atoms with E-state index in [0.717, 1.165) is 5.56 Å². The Morgan fingerprint density at radius 2 is 2.06 bits per heavy atom. The largest absolute Gasteiger partial charge is 0.408 e. The summed E-state index contributed by atoms with van der Waals surface area (Å²) in [4.78, 5) is 4.07. The van der Waals surface area contributed by atoms with Gasteiger partial charge < -0.3 is 9.53 Å². The van der Waals surface area contributed by atoms with E-state index in [1.54, 1.807) is 12.4 Å². The van der Waals surface area contributed by atoms with Crippen LogP contribution in [0.5, 0.6) is 0 Å². The van der Waals surface area contributed by atoms with Crippen LogP contribution in [0.1, 0.15) is 32.4 Å². The first-order chi connectivity index (χ1) is 7.78. The van der Waals surface area contributed by atoms with Crippen molar-refractivity contribution >= 4 is 8.32 Å². The Balaban J connectivity index is 2.85. The zero-order valence-corrected chi connectivity index (χ0v) is 12.4. The van der Waals surface area contributed by atoms with Gasteiger partial charge in [0.25, 0.3) is 0 Å². The summed E-state index contributed by atoms with van der Waals surface area (Å²) in [5, 5.41) is 9.62. The third-order valence-corrected chi connectivity index (χ3v) is 7.95. The molecule has 0 fully saturated rings. The van der Waals surface area contributed by atoms with Crippen LogP contribution in [0.4, 0.5) is 0 Å². The molecule has 0 aromatic carbocycles. The van der Waals surface area contributed by atoms with Crippen LogP contribution in [-0.2, 0) is 4.43 Å². The summed E-state index contributed by atoms with van der Waals surface area (Å²) >= 11 is 0. The van der Waals surface area contributed by atoms with E-state index in [0.29, 0.717) is 0 Å². The van der Waals surface area contributed by atoms with E-state index >= 15 is 0 Å². The Morgan fingerprint density at radius 1 is 1.41 bits per heavy atom. The molecule has 0 spiro atoms. The Hall–Kier alpha value is -0.713. The van der Waals surface area contributed by atoms with Gasteiger partial charge in [0.15, 0.2) is 8.32 Å². The van der Waals surface area contributed by atoms with Gasteiger partial charge >= 0.3 is 0 Å². The van der Waals surface area contributed by atoms with Crippen molar-refractivity contribution < 1.29 is 9.53 Å². The van der Waals surface area contributed by atoms with E-state index in [2.05, 4.69) is 38.8 Å². The van der Waals surface area contributed by atoms with Crippen LogP contribution in [0.15, 0.2) is 24.5 Å². The summed E-state index contributed by atoms with van der Waals surface area (Å²) in [6.45, 7) is 10.9. The molecular weight excluding hydrogens is 230 g/mol. The average Bonchev–Trinajstić information content (AvgIpc) is 2.25. The number of aromatic nitrogens is 1. The van der Waals surface area contributed by atoms with Crippen molar-refractivity contribution in [3.8, 4) is 0 Å². The molecule has 0 bridgehead atoms. The maximum atomic E-state index is 9.48. The van der Waals surface area contributed by atoms with Crippen LogP contribution in [0.3, 0.4) is 0 Å². The normalized spacial score (nSPS) is 14.7. The van der Waals surface area contributed by atoms with Crippen LogP contribution in [0.2, 0.25) is 18.1 Å². The molecule has 1 N–H and O–H groups in total. The van der Waals surface area contributed by atoms with Crippen LogP contribution >= 0.6 is 0 Å². The molecule has 0 radical (unpaired) electrons. The fraction of sp³-hybridized carbons (Fsp3) is 0.615. The van der Waals surface area contributed by atoms with Crippen LogP contribution in [-0.4, -0.2) is 25.0 Å². The Kier molecular flexibility index (Phi) is 4.46. The van der Waals surface area contributed by atoms with Gasteiger partial charge in [-0.25, -0.2) is 0 Å². The van der Waals surface area contributed by atoms with Crippen molar-refractivity contribution in [3.63, 3.8) is 0 Å². The zero-order valence-electron chi connectivity index (χ0n) is 11.4. The van der Waals surface area contributed by atoms with Crippen LogP contribution < -0.4 is 0 Å². The summed E-state index contributed by atoms with van der Waals surface area (Å²) in [6.07, 6.45) is 3.22. The predicted molar refractivity (Wildman–Crippen MR) is 72.3 cm³/mol. The number of hydrogen-bond donors (Lipinski definition) is 1. The lowest BCUT2D eigenvalue weighted by atomic mass is 10.2. The van der Waals surface area contributed by atoms with Crippen LogP contribution in [0, 0.1) is 0 Å². The van der Waals surface area contributed by atoms with E-state index in [4.69, 9.17) is 4.43 Å². The highest BCUT2D eigenvalue weighted by Gasteiger charge is 2.39. The first-order valence-corrected chi connectivity index (χ1v) is 8.87. The number of rotatable bonds is 4. The van der Waals surface area contributed by atoms with E-state index in [-0.39, 0.29) is 17.7 Å². The number of pyridine rings is 1. The summed E-state index contributed by atoms with van der Waals surface area (Å²) < 4.78 is 6.19. The lowest BCUT2D eigenvalue weighted by Crippen LogP contribution is -2.42. The number of aliphatic hydroxyl groups is 1. The minimum atomic E-state index is -1.86. The Bertz CT molecular complexity index is 346. The van der Waals surface area contributed by atoms with E-state index < -0.39 is 8.32 Å². The summed E-state index contributed by atoms with van der Waals surface area (Å²) in [5.41, 5.74) is 0.944. The van der Waals surface area contributed by atoms with Gasteiger partial charge in [-0.05, 0) is 24.2 Å². The topological polar surface area (TPSA) is 42.4 Å². The van der Waals surface area contributed by atoms with Gasteiger partial charge in [0.1, 0.15) is 0 Å². The zero-order chi connectivity index (χ0) is 13.1. The smallest absolute Gasteiger partial charge is 0.193 e. The van der Waals surface area contributed by atoms with Gasteiger partial charge in [-0.2, -0.15) is 0 Å². The molecule has 1 rings (SSSR count). The Labute approximate surface area is 105 Å². The molecule has 4 heteroatoms. The van der Waals surface area contributed by atoms with E-state index in [9.17, 15) is 5.11 Å². The summed E-state index contributed by atoms with van der Waals surface area (Å²) in [5.74, 6) is 0. The first-order valence-electron chi connectivity index (χ1n) is 5.96. The average molecular weight is 253 g/mol. The third kappa shape index (κ3) is 3.62. The van der Waals surface area contributed by atoms with Crippen molar-refractivity contribution in [2.75, 3.05) is 6.61 Å². The van der Waals surface area contributed by atoms with Crippen molar-refractivity contribution in [1.82, 2.24) is 4.98 Å².